The second-order valence-electron chi connectivity index (χ2n) is 6.32. The summed E-state index contributed by atoms with van der Waals surface area (Å²) in [4.78, 5) is 8.37. The first kappa shape index (κ1) is 22.8. The van der Waals surface area contributed by atoms with Gasteiger partial charge in [-0.1, -0.05) is 29.8 Å². The van der Waals surface area contributed by atoms with Crippen LogP contribution >= 0.6 is 24.0 Å². The zero-order valence-corrected chi connectivity index (χ0v) is 18.5. The molecule has 154 valence electrons. The number of guanidine groups is 1. The topological polar surface area (TPSA) is 62.5 Å². The van der Waals surface area contributed by atoms with Gasteiger partial charge in [0.25, 0.3) is 0 Å². The zero-order valence-electron chi connectivity index (χ0n) is 16.2. The number of aromatic nitrogens is 1. The van der Waals surface area contributed by atoms with Gasteiger partial charge in [0.2, 0.25) is 5.89 Å². The van der Waals surface area contributed by atoms with Gasteiger partial charge in [0.1, 0.15) is 11.6 Å². The first-order chi connectivity index (χ1) is 13.5. The van der Waals surface area contributed by atoms with Crippen LogP contribution in [0, 0.1) is 18.6 Å². The van der Waals surface area contributed by atoms with Crippen LogP contribution in [0.3, 0.4) is 0 Å². The summed E-state index contributed by atoms with van der Waals surface area (Å²) < 4.78 is 32.6. The number of aryl methyl sites for hydroxylation is 1. The van der Waals surface area contributed by atoms with E-state index in [2.05, 4.69) is 20.6 Å². The quantitative estimate of drug-likeness (QED) is 0.291. The Balaban J connectivity index is 0.00000300. The van der Waals surface area contributed by atoms with E-state index in [0.29, 0.717) is 42.7 Å². The molecule has 3 rings (SSSR count). The Bertz CT molecular complexity index is 958. The lowest BCUT2D eigenvalue weighted by Gasteiger charge is -2.11. The molecule has 1 aromatic heterocycles. The van der Waals surface area contributed by atoms with Crippen molar-refractivity contribution in [1.82, 2.24) is 15.6 Å². The van der Waals surface area contributed by atoms with E-state index in [1.54, 1.807) is 13.2 Å². The Hall–Kier alpha value is -2.49. The van der Waals surface area contributed by atoms with E-state index >= 15 is 0 Å². The molecule has 1 heterocycles. The molecule has 0 atom stereocenters. The van der Waals surface area contributed by atoms with Gasteiger partial charge in [-0.3, -0.25) is 4.99 Å². The van der Waals surface area contributed by atoms with Crippen molar-refractivity contribution in [2.45, 2.75) is 19.9 Å². The van der Waals surface area contributed by atoms with Crippen LogP contribution in [0.4, 0.5) is 8.78 Å². The minimum Gasteiger partial charge on any atom is -0.439 e. The molecule has 8 heteroatoms. The summed E-state index contributed by atoms with van der Waals surface area (Å²) in [7, 11) is 1.63. The zero-order chi connectivity index (χ0) is 19.9. The fraction of sp³-hybridized carbons (Fsp3) is 0.238. The lowest BCUT2D eigenvalue weighted by atomic mass is 10.1. The summed E-state index contributed by atoms with van der Waals surface area (Å²) >= 11 is 0. The molecule has 0 amide bonds. The van der Waals surface area contributed by atoms with Gasteiger partial charge in [0.15, 0.2) is 11.7 Å². The van der Waals surface area contributed by atoms with E-state index in [-0.39, 0.29) is 24.0 Å². The molecule has 0 aliphatic heterocycles. The van der Waals surface area contributed by atoms with Crippen molar-refractivity contribution in [3.63, 3.8) is 0 Å². The van der Waals surface area contributed by atoms with Crippen molar-refractivity contribution < 1.29 is 13.2 Å². The number of rotatable bonds is 6. The molecule has 0 bridgehead atoms. The first-order valence-corrected chi connectivity index (χ1v) is 8.95. The summed E-state index contributed by atoms with van der Waals surface area (Å²) in [5.74, 6) is 0.865. The van der Waals surface area contributed by atoms with Crippen molar-refractivity contribution in [3.8, 4) is 11.3 Å². The molecule has 29 heavy (non-hydrogen) atoms. The number of nitrogens with one attached hydrogen (secondary N) is 2. The number of benzene rings is 2. The van der Waals surface area contributed by atoms with Gasteiger partial charge in [0.05, 0.1) is 12.7 Å². The molecule has 2 aromatic carbocycles. The van der Waals surface area contributed by atoms with E-state index in [4.69, 9.17) is 4.42 Å². The van der Waals surface area contributed by atoms with Crippen molar-refractivity contribution in [2.24, 2.45) is 4.99 Å². The molecule has 3 aromatic rings. The molecule has 2 N–H and O–H groups in total. The third kappa shape index (κ3) is 6.52. The van der Waals surface area contributed by atoms with E-state index in [1.807, 2.05) is 31.2 Å². The number of oxazole rings is 1. The van der Waals surface area contributed by atoms with Crippen molar-refractivity contribution in [2.75, 3.05) is 13.6 Å². The van der Waals surface area contributed by atoms with E-state index in [0.717, 1.165) is 17.7 Å². The summed E-state index contributed by atoms with van der Waals surface area (Å²) in [6.07, 6.45) is 2.02. The van der Waals surface area contributed by atoms with Crippen LogP contribution < -0.4 is 10.6 Å². The minimum atomic E-state index is -0.452. The second-order valence-corrected chi connectivity index (χ2v) is 6.32. The van der Waals surface area contributed by atoms with Gasteiger partial charge < -0.3 is 15.1 Å². The second kappa shape index (κ2) is 10.9. The molecular weight excluding hydrogens is 489 g/mol. The van der Waals surface area contributed by atoms with Gasteiger partial charge in [-0.05, 0) is 37.1 Å². The highest BCUT2D eigenvalue weighted by atomic mass is 127. The van der Waals surface area contributed by atoms with Crippen LogP contribution in [0.1, 0.15) is 17.0 Å². The van der Waals surface area contributed by atoms with Gasteiger partial charge in [-0.2, -0.15) is 0 Å². The Kier molecular flexibility index (Phi) is 8.56. The van der Waals surface area contributed by atoms with Gasteiger partial charge >= 0.3 is 0 Å². The predicted octanol–water partition coefficient (Wildman–Crippen LogP) is 4.45. The molecular formula is C21H23F2IN4O. The highest BCUT2D eigenvalue weighted by Crippen LogP contribution is 2.20. The maximum absolute atomic E-state index is 13.6. The van der Waals surface area contributed by atoms with Gasteiger partial charge in [0, 0.05) is 19.2 Å². The molecule has 0 aliphatic rings. The minimum absolute atomic E-state index is 0. The van der Waals surface area contributed by atoms with Crippen molar-refractivity contribution in [1.29, 1.82) is 0 Å². The fourth-order valence-electron chi connectivity index (χ4n) is 2.67. The van der Waals surface area contributed by atoms with E-state index in [9.17, 15) is 8.78 Å². The monoisotopic (exact) mass is 512 g/mol. The van der Waals surface area contributed by atoms with Crippen LogP contribution in [-0.4, -0.2) is 24.5 Å². The standard InChI is InChI=1S/C21H22F2N4O.HI/c1-14-3-5-15(6-4-14)19-12-26-20(28-19)13-27-21(24-2)25-10-9-16-11-17(22)7-8-18(16)23;/h3-8,11-12H,9-10,13H2,1-2H3,(H2,24,25,27);1H. The van der Waals surface area contributed by atoms with Gasteiger partial charge in [-0.15, -0.1) is 24.0 Å². The molecule has 0 saturated carbocycles. The number of nitrogens with zero attached hydrogens (tertiary/aromatic N) is 2. The SMILES string of the molecule is CN=C(NCCc1cc(F)ccc1F)NCc1ncc(-c2ccc(C)cc2)o1.I. The average Bonchev–Trinajstić information content (AvgIpc) is 3.16. The Morgan fingerprint density at radius 2 is 1.86 bits per heavy atom. The summed E-state index contributed by atoms with van der Waals surface area (Å²) in [5.41, 5.74) is 2.46. The van der Waals surface area contributed by atoms with Crippen molar-refractivity contribution >= 4 is 29.9 Å². The lowest BCUT2D eigenvalue weighted by Crippen LogP contribution is -2.38. The maximum atomic E-state index is 13.6. The summed E-state index contributed by atoms with van der Waals surface area (Å²) in [5, 5.41) is 6.15. The average molecular weight is 512 g/mol. The molecule has 0 saturated heterocycles. The Labute approximate surface area is 185 Å². The highest BCUT2D eigenvalue weighted by molar-refractivity contribution is 14.0. The van der Waals surface area contributed by atoms with Crippen LogP contribution in [0.25, 0.3) is 11.3 Å². The summed E-state index contributed by atoms with van der Waals surface area (Å²) in [6, 6.07) is 11.4. The van der Waals surface area contributed by atoms with Crippen LogP contribution in [0.2, 0.25) is 0 Å². The Morgan fingerprint density at radius 3 is 2.59 bits per heavy atom. The molecule has 0 aliphatic carbocycles. The van der Waals surface area contributed by atoms with Gasteiger partial charge in [-0.25, -0.2) is 13.8 Å². The normalized spacial score (nSPS) is 11.1. The molecule has 0 unspecified atom stereocenters. The van der Waals surface area contributed by atoms with Crippen LogP contribution in [0.5, 0.6) is 0 Å². The number of aliphatic imine (C=N–C) groups is 1. The summed E-state index contributed by atoms with van der Waals surface area (Å²) in [6.45, 7) is 2.78. The first-order valence-electron chi connectivity index (χ1n) is 8.95. The van der Waals surface area contributed by atoms with Crippen LogP contribution in [0.15, 0.2) is 58.1 Å². The van der Waals surface area contributed by atoms with E-state index in [1.165, 1.54) is 11.6 Å². The largest absolute Gasteiger partial charge is 0.439 e. The van der Waals surface area contributed by atoms with Crippen LogP contribution in [-0.2, 0) is 13.0 Å². The molecule has 0 spiro atoms. The smallest absolute Gasteiger partial charge is 0.214 e. The highest BCUT2D eigenvalue weighted by Gasteiger charge is 2.08. The third-order valence-electron chi connectivity index (χ3n) is 4.21. The number of hydrogen-bond acceptors (Lipinski definition) is 3. The molecule has 0 radical (unpaired) electrons. The molecule has 0 fully saturated rings. The maximum Gasteiger partial charge on any atom is 0.214 e. The molecule has 5 nitrogen and oxygen atoms in total. The Morgan fingerprint density at radius 1 is 1.10 bits per heavy atom. The fourth-order valence-corrected chi connectivity index (χ4v) is 2.67. The lowest BCUT2D eigenvalue weighted by molar-refractivity contribution is 0.497. The van der Waals surface area contributed by atoms with E-state index < -0.39 is 11.6 Å². The number of hydrogen-bond donors (Lipinski definition) is 2. The number of halogens is 3. The third-order valence-corrected chi connectivity index (χ3v) is 4.21. The predicted molar refractivity (Wildman–Crippen MR) is 120 cm³/mol. The van der Waals surface area contributed by atoms with Crippen molar-refractivity contribution in [3.05, 3.63) is 77.3 Å².